The maximum atomic E-state index is 8.64. The van der Waals surface area contributed by atoms with Crippen LogP contribution in [-0.2, 0) is 0 Å². The van der Waals surface area contributed by atoms with Crippen LogP contribution >= 0.6 is 0 Å². The minimum atomic E-state index is -1.17. The summed E-state index contributed by atoms with van der Waals surface area (Å²) in [5.41, 5.74) is 5.92. The van der Waals surface area contributed by atoms with E-state index in [9.17, 15) is 0 Å². The lowest BCUT2D eigenvalue weighted by Gasteiger charge is -2.24. The van der Waals surface area contributed by atoms with Gasteiger partial charge in [-0.2, -0.15) is 0 Å². The number of unbranched alkanes of at least 4 members (excludes halogenated alkanes) is 1. The Morgan fingerprint density at radius 2 is 1.93 bits per heavy atom. The quantitative estimate of drug-likeness (QED) is 0.329. The molecule has 1 atom stereocenters. The molecule has 0 aromatic carbocycles. The lowest BCUT2D eigenvalue weighted by atomic mass is 9.82. The van der Waals surface area contributed by atoms with E-state index >= 15 is 0 Å². The number of hydrogen-bond acceptors (Lipinski definition) is 4. The van der Waals surface area contributed by atoms with Gasteiger partial charge in [-0.15, -0.1) is 0 Å². The van der Waals surface area contributed by atoms with Gasteiger partial charge in [-0.1, -0.05) is 12.8 Å². The molecule has 0 spiro atoms. The Hall–Kier alpha value is -0.0951. The molecule has 0 saturated carbocycles. The molecule has 0 bridgehead atoms. The van der Waals surface area contributed by atoms with Gasteiger partial charge in [-0.05, 0) is 39.7 Å². The topological polar surface area (TPSA) is 78.5 Å². The largest absolute Gasteiger partial charge is 0.451 e. The summed E-state index contributed by atoms with van der Waals surface area (Å²) >= 11 is 0. The predicted molar refractivity (Wildman–Crippen MR) is 60.0 cm³/mol. The van der Waals surface area contributed by atoms with Gasteiger partial charge in [-0.3, -0.25) is 0 Å². The molecule has 1 unspecified atom stereocenters. The van der Waals surface area contributed by atoms with Crippen molar-refractivity contribution in [2.75, 3.05) is 13.6 Å². The first kappa shape index (κ1) is 13.9. The summed E-state index contributed by atoms with van der Waals surface area (Å²) in [6, 6.07) is 0. The van der Waals surface area contributed by atoms with Crippen molar-refractivity contribution in [1.82, 2.24) is 5.32 Å². The average molecular weight is 202 g/mol. The van der Waals surface area contributed by atoms with E-state index in [1.807, 2.05) is 14.0 Å². The van der Waals surface area contributed by atoms with Crippen LogP contribution in [-0.4, -0.2) is 36.3 Å². The molecule has 0 aliphatic rings. The highest BCUT2D eigenvalue weighted by molar-refractivity contribution is 6.40. The molecule has 5 heteroatoms. The molecule has 0 heterocycles. The fourth-order valence-electron chi connectivity index (χ4n) is 1.39. The highest BCUT2D eigenvalue weighted by Gasteiger charge is 2.17. The first-order valence-electron chi connectivity index (χ1n) is 5.27. The van der Waals surface area contributed by atoms with Gasteiger partial charge in [0, 0.05) is 5.54 Å². The van der Waals surface area contributed by atoms with Gasteiger partial charge in [0.05, 0.1) is 0 Å². The summed E-state index contributed by atoms with van der Waals surface area (Å²) in [5, 5.41) is 20.3. The van der Waals surface area contributed by atoms with Crippen LogP contribution in [0.2, 0.25) is 6.32 Å². The van der Waals surface area contributed by atoms with Gasteiger partial charge in [0.25, 0.3) is 0 Å². The van der Waals surface area contributed by atoms with Crippen molar-refractivity contribution in [2.45, 2.75) is 44.5 Å². The highest BCUT2D eigenvalue weighted by Crippen LogP contribution is 2.15. The van der Waals surface area contributed by atoms with Crippen LogP contribution in [0.1, 0.15) is 32.6 Å². The van der Waals surface area contributed by atoms with Crippen LogP contribution in [0.25, 0.3) is 0 Å². The number of rotatable bonds is 8. The van der Waals surface area contributed by atoms with Crippen LogP contribution in [0.4, 0.5) is 0 Å². The lowest BCUT2D eigenvalue weighted by Crippen LogP contribution is -2.38. The molecule has 0 aliphatic heterocycles. The molecule has 0 saturated heterocycles. The van der Waals surface area contributed by atoms with E-state index in [0.717, 1.165) is 32.2 Å². The Bertz CT molecular complexity index is 143. The third-order valence-corrected chi connectivity index (χ3v) is 2.41. The third-order valence-electron chi connectivity index (χ3n) is 2.41. The smallest absolute Gasteiger partial charge is 0.427 e. The molecule has 0 amide bonds. The van der Waals surface area contributed by atoms with Crippen molar-refractivity contribution in [1.29, 1.82) is 0 Å². The zero-order valence-electron chi connectivity index (χ0n) is 9.29. The Kier molecular flexibility index (Phi) is 7.18. The van der Waals surface area contributed by atoms with Gasteiger partial charge in [-0.25, -0.2) is 0 Å². The van der Waals surface area contributed by atoms with Crippen LogP contribution in [0, 0.1) is 0 Å². The fraction of sp³-hybridized carbons (Fsp3) is 1.00. The molecular formula is C9H23BN2O2. The van der Waals surface area contributed by atoms with E-state index < -0.39 is 7.12 Å². The molecule has 0 fully saturated rings. The zero-order valence-corrected chi connectivity index (χ0v) is 9.29. The maximum Gasteiger partial charge on any atom is 0.451 e. The summed E-state index contributed by atoms with van der Waals surface area (Å²) in [5.74, 6) is 0. The van der Waals surface area contributed by atoms with E-state index in [1.54, 1.807) is 0 Å². The molecule has 0 aromatic heterocycles. The minimum Gasteiger partial charge on any atom is -0.427 e. The predicted octanol–water partition coefficient (Wildman–Crippen LogP) is -0.0436. The van der Waals surface area contributed by atoms with Crippen LogP contribution in [0.15, 0.2) is 0 Å². The number of nitrogens with one attached hydrogen (secondary N) is 1. The maximum absolute atomic E-state index is 8.64. The van der Waals surface area contributed by atoms with Gasteiger partial charge in [0.1, 0.15) is 0 Å². The van der Waals surface area contributed by atoms with E-state index in [4.69, 9.17) is 15.8 Å². The summed E-state index contributed by atoms with van der Waals surface area (Å²) < 4.78 is 0. The molecule has 0 radical (unpaired) electrons. The zero-order chi connectivity index (χ0) is 11.0. The molecule has 0 aliphatic carbocycles. The summed E-state index contributed by atoms with van der Waals surface area (Å²) in [6.45, 7) is 2.97. The standard InChI is InChI=1S/C9H23BN2O2/c1-9(11,6-8-12-2)5-3-4-7-10(13)14/h12-14H,3-8,11H2,1-2H3. The summed E-state index contributed by atoms with van der Waals surface area (Å²) in [4.78, 5) is 0. The summed E-state index contributed by atoms with van der Waals surface area (Å²) in [6.07, 6.45) is 4.10. The Morgan fingerprint density at radius 1 is 1.29 bits per heavy atom. The van der Waals surface area contributed by atoms with Crippen LogP contribution < -0.4 is 11.1 Å². The highest BCUT2D eigenvalue weighted by atomic mass is 16.4. The van der Waals surface area contributed by atoms with Gasteiger partial charge >= 0.3 is 7.12 Å². The fourth-order valence-corrected chi connectivity index (χ4v) is 1.39. The van der Waals surface area contributed by atoms with Crippen molar-refractivity contribution in [3.8, 4) is 0 Å². The van der Waals surface area contributed by atoms with Crippen molar-refractivity contribution in [2.24, 2.45) is 5.73 Å². The van der Waals surface area contributed by atoms with Crippen LogP contribution in [0.5, 0.6) is 0 Å². The van der Waals surface area contributed by atoms with Crippen LogP contribution in [0.3, 0.4) is 0 Å². The monoisotopic (exact) mass is 202 g/mol. The molecule has 0 aromatic rings. The number of nitrogens with two attached hydrogens (primary N) is 1. The van der Waals surface area contributed by atoms with Crippen molar-refractivity contribution < 1.29 is 10.0 Å². The van der Waals surface area contributed by atoms with Crippen molar-refractivity contribution in [3.05, 3.63) is 0 Å². The van der Waals surface area contributed by atoms with Crippen molar-refractivity contribution in [3.63, 3.8) is 0 Å². The molecule has 14 heavy (non-hydrogen) atoms. The first-order valence-corrected chi connectivity index (χ1v) is 5.27. The second kappa shape index (κ2) is 7.23. The van der Waals surface area contributed by atoms with E-state index in [0.29, 0.717) is 6.32 Å². The number of hydrogen-bond donors (Lipinski definition) is 4. The lowest BCUT2D eigenvalue weighted by molar-refractivity contribution is 0.372. The van der Waals surface area contributed by atoms with E-state index in [1.165, 1.54) is 0 Å². The Balaban J connectivity index is 3.44. The normalized spacial score (nSPS) is 15.2. The van der Waals surface area contributed by atoms with E-state index in [2.05, 4.69) is 5.32 Å². The Labute approximate surface area is 87.0 Å². The second-order valence-electron chi connectivity index (χ2n) is 4.23. The second-order valence-corrected chi connectivity index (χ2v) is 4.23. The van der Waals surface area contributed by atoms with Gasteiger partial charge < -0.3 is 21.1 Å². The molecular weight excluding hydrogens is 179 g/mol. The molecule has 84 valence electrons. The first-order chi connectivity index (χ1) is 6.48. The minimum absolute atomic E-state index is 0.135. The SMILES string of the molecule is CNCCC(C)(N)CCCCB(O)O. The molecule has 4 nitrogen and oxygen atoms in total. The summed E-state index contributed by atoms with van der Waals surface area (Å²) in [7, 11) is 0.745. The van der Waals surface area contributed by atoms with E-state index in [-0.39, 0.29) is 5.54 Å². The van der Waals surface area contributed by atoms with Gasteiger partial charge in [0.2, 0.25) is 0 Å². The van der Waals surface area contributed by atoms with Crippen molar-refractivity contribution >= 4 is 7.12 Å². The van der Waals surface area contributed by atoms with Gasteiger partial charge in [0.15, 0.2) is 0 Å². The average Bonchev–Trinajstić information content (AvgIpc) is 2.09. The molecule has 0 rings (SSSR count). The molecule has 5 N–H and O–H groups in total. The third kappa shape index (κ3) is 8.50. The Morgan fingerprint density at radius 3 is 2.43 bits per heavy atom.